The molecule has 0 heterocycles. The number of para-hydroxylation sites is 1. The summed E-state index contributed by atoms with van der Waals surface area (Å²) in [5.74, 6) is 2.33. The Bertz CT molecular complexity index is 868. The molecule has 4 nitrogen and oxygen atoms in total. The van der Waals surface area contributed by atoms with E-state index in [0.717, 1.165) is 17.1 Å². The van der Waals surface area contributed by atoms with Crippen molar-refractivity contribution in [2.75, 3.05) is 19.5 Å². The third kappa shape index (κ3) is 4.25. The van der Waals surface area contributed by atoms with Gasteiger partial charge >= 0.3 is 0 Å². The van der Waals surface area contributed by atoms with Crippen LogP contribution in [0.1, 0.15) is 5.56 Å². The number of methoxy groups -OCH3 is 2. The van der Waals surface area contributed by atoms with Crippen molar-refractivity contribution in [1.82, 2.24) is 0 Å². The highest BCUT2D eigenvalue weighted by Gasteiger charge is 2.10. The number of anilines is 1. The first kappa shape index (κ1) is 17.6. The first-order valence-corrected chi connectivity index (χ1v) is 8.17. The molecule has 0 aliphatic rings. The minimum atomic E-state index is -0.342. The van der Waals surface area contributed by atoms with Gasteiger partial charge in [-0.15, -0.1) is 0 Å². The number of hydrogen-bond donors (Lipinski definition) is 1. The molecule has 0 spiro atoms. The van der Waals surface area contributed by atoms with E-state index >= 15 is 0 Å². The summed E-state index contributed by atoms with van der Waals surface area (Å²) in [6.45, 7) is 0.426. The van der Waals surface area contributed by atoms with Crippen molar-refractivity contribution in [3.63, 3.8) is 0 Å². The molecule has 0 amide bonds. The summed E-state index contributed by atoms with van der Waals surface area (Å²) in [6.07, 6.45) is 0. The molecule has 0 saturated carbocycles. The maximum atomic E-state index is 13.7. The van der Waals surface area contributed by atoms with Gasteiger partial charge in [0.1, 0.15) is 23.1 Å². The Morgan fingerprint density at radius 1 is 0.808 bits per heavy atom. The molecule has 0 aliphatic heterocycles. The molecule has 3 aromatic carbocycles. The van der Waals surface area contributed by atoms with Crippen LogP contribution in [0.5, 0.6) is 23.0 Å². The Labute approximate surface area is 152 Å². The fourth-order valence-corrected chi connectivity index (χ4v) is 2.56. The molecule has 0 aromatic heterocycles. The van der Waals surface area contributed by atoms with Gasteiger partial charge in [-0.2, -0.15) is 0 Å². The van der Waals surface area contributed by atoms with Crippen LogP contribution in [0.4, 0.5) is 10.1 Å². The van der Waals surface area contributed by atoms with Crippen molar-refractivity contribution >= 4 is 5.69 Å². The van der Waals surface area contributed by atoms with Crippen molar-refractivity contribution in [3.05, 3.63) is 78.1 Å². The second kappa shape index (κ2) is 8.25. The van der Waals surface area contributed by atoms with E-state index in [0.29, 0.717) is 23.7 Å². The Hall–Kier alpha value is -3.21. The van der Waals surface area contributed by atoms with Gasteiger partial charge in [0.05, 0.1) is 19.9 Å². The van der Waals surface area contributed by atoms with E-state index in [-0.39, 0.29) is 5.82 Å². The summed E-state index contributed by atoms with van der Waals surface area (Å²) in [4.78, 5) is 0. The van der Waals surface area contributed by atoms with Gasteiger partial charge in [-0.3, -0.25) is 0 Å². The van der Waals surface area contributed by atoms with Gasteiger partial charge in [0.15, 0.2) is 5.75 Å². The molecule has 134 valence electrons. The smallest absolute Gasteiger partial charge is 0.150 e. The van der Waals surface area contributed by atoms with Crippen LogP contribution in [-0.2, 0) is 6.54 Å². The second-order valence-electron chi connectivity index (χ2n) is 5.59. The number of rotatable bonds is 7. The third-order valence-corrected chi connectivity index (χ3v) is 3.87. The minimum absolute atomic E-state index is 0.342. The second-order valence-corrected chi connectivity index (χ2v) is 5.59. The van der Waals surface area contributed by atoms with Gasteiger partial charge in [0.25, 0.3) is 0 Å². The molecule has 0 fully saturated rings. The monoisotopic (exact) mass is 353 g/mol. The first-order valence-electron chi connectivity index (χ1n) is 8.17. The molecular weight excluding hydrogens is 333 g/mol. The maximum absolute atomic E-state index is 13.7. The van der Waals surface area contributed by atoms with E-state index < -0.39 is 0 Å². The number of halogens is 1. The Morgan fingerprint density at radius 2 is 1.58 bits per heavy atom. The van der Waals surface area contributed by atoms with E-state index in [1.807, 2.05) is 48.5 Å². The van der Waals surface area contributed by atoms with Crippen LogP contribution in [0, 0.1) is 5.82 Å². The molecule has 3 rings (SSSR count). The minimum Gasteiger partial charge on any atom is -0.497 e. The lowest BCUT2D eigenvalue weighted by Crippen LogP contribution is -2.04. The zero-order valence-electron chi connectivity index (χ0n) is 14.7. The average molecular weight is 353 g/mol. The number of ether oxygens (including phenoxy) is 3. The third-order valence-electron chi connectivity index (χ3n) is 3.87. The van der Waals surface area contributed by atoms with Crippen molar-refractivity contribution in [1.29, 1.82) is 0 Å². The molecule has 0 aliphatic carbocycles. The maximum Gasteiger partial charge on any atom is 0.150 e. The topological polar surface area (TPSA) is 39.7 Å². The molecule has 26 heavy (non-hydrogen) atoms. The zero-order chi connectivity index (χ0) is 18.4. The normalized spacial score (nSPS) is 10.3. The number of hydrogen-bond acceptors (Lipinski definition) is 4. The molecule has 0 unspecified atom stereocenters. The van der Waals surface area contributed by atoms with Gasteiger partial charge < -0.3 is 19.5 Å². The largest absolute Gasteiger partial charge is 0.497 e. The van der Waals surface area contributed by atoms with Crippen LogP contribution in [0.3, 0.4) is 0 Å². The highest BCUT2D eigenvalue weighted by Crippen LogP contribution is 2.32. The standard InChI is InChI=1S/C21H20FNO3/c1-24-18-9-11-20(25-2)15(12-18)14-23-19-13-16(22)8-10-21(19)26-17-6-4-3-5-7-17/h3-13,23H,14H2,1-2H3. The molecule has 5 heteroatoms. The van der Waals surface area contributed by atoms with Crippen molar-refractivity contribution in [2.24, 2.45) is 0 Å². The summed E-state index contributed by atoms with van der Waals surface area (Å²) >= 11 is 0. The van der Waals surface area contributed by atoms with Gasteiger partial charge in [-0.25, -0.2) is 4.39 Å². The van der Waals surface area contributed by atoms with Gasteiger partial charge in [0.2, 0.25) is 0 Å². The summed E-state index contributed by atoms with van der Waals surface area (Å²) in [5.41, 5.74) is 1.44. The van der Waals surface area contributed by atoms with Crippen LogP contribution in [0.2, 0.25) is 0 Å². The molecule has 0 bridgehead atoms. The SMILES string of the molecule is COc1ccc(OC)c(CNc2cc(F)ccc2Oc2ccccc2)c1. The predicted molar refractivity (Wildman–Crippen MR) is 99.8 cm³/mol. The van der Waals surface area contributed by atoms with E-state index in [1.54, 1.807) is 20.3 Å². The van der Waals surface area contributed by atoms with Crippen LogP contribution < -0.4 is 19.5 Å². The van der Waals surface area contributed by atoms with Crippen LogP contribution in [0.15, 0.2) is 66.7 Å². The molecule has 0 saturated heterocycles. The van der Waals surface area contributed by atoms with Gasteiger partial charge in [-0.1, -0.05) is 18.2 Å². The lowest BCUT2D eigenvalue weighted by atomic mass is 10.1. The Kier molecular flexibility index (Phi) is 5.59. The Morgan fingerprint density at radius 3 is 2.31 bits per heavy atom. The average Bonchev–Trinajstić information content (AvgIpc) is 2.68. The molecule has 0 atom stereocenters. The summed E-state index contributed by atoms with van der Waals surface area (Å²) in [6, 6.07) is 19.3. The molecule has 3 aromatic rings. The van der Waals surface area contributed by atoms with Crippen LogP contribution in [0.25, 0.3) is 0 Å². The highest BCUT2D eigenvalue weighted by atomic mass is 19.1. The van der Waals surface area contributed by atoms with Crippen molar-refractivity contribution in [2.45, 2.75) is 6.54 Å². The van der Waals surface area contributed by atoms with E-state index in [1.165, 1.54) is 12.1 Å². The van der Waals surface area contributed by atoms with E-state index in [9.17, 15) is 4.39 Å². The summed E-state index contributed by atoms with van der Waals surface area (Å²) < 4.78 is 30.2. The summed E-state index contributed by atoms with van der Waals surface area (Å²) in [7, 11) is 3.22. The fourth-order valence-electron chi connectivity index (χ4n) is 2.56. The fraction of sp³-hybridized carbons (Fsp3) is 0.143. The lowest BCUT2D eigenvalue weighted by molar-refractivity contribution is 0.399. The summed E-state index contributed by atoms with van der Waals surface area (Å²) in [5, 5.41) is 3.22. The van der Waals surface area contributed by atoms with Gasteiger partial charge in [-0.05, 0) is 42.5 Å². The Balaban J connectivity index is 1.82. The molecule has 1 N–H and O–H groups in total. The van der Waals surface area contributed by atoms with Crippen LogP contribution >= 0.6 is 0 Å². The quantitative estimate of drug-likeness (QED) is 0.630. The predicted octanol–water partition coefficient (Wildman–Crippen LogP) is 5.25. The highest BCUT2D eigenvalue weighted by molar-refractivity contribution is 5.58. The van der Waals surface area contributed by atoms with E-state index in [2.05, 4.69) is 5.32 Å². The zero-order valence-corrected chi connectivity index (χ0v) is 14.7. The number of benzene rings is 3. The van der Waals surface area contributed by atoms with Crippen molar-refractivity contribution < 1.29 is 18.6 Å². The van der Waals surface area contributed by atoms with Gasteiger partial charge in [0, 0.05) is 18.2 Å². The number of nitrogens with one attached hydrogen (secondary N) is 1. The molecule has 0 radical (unpaired) electrons. The lowest BCUT2D eigenvalue weighted by Gasteiger charge is -2.15. The van der Waals surface area contributed by atoms with E-state index in [4.69, 9.17) is 14.2 Å². The van der Waals surface area contributed by atoms with Crippen molar-refractivity contribution in [3.8, 4) is 23.0 Å². The first-order chi connectivity index (χ1) is 12.7. The molecular formula is C21H20FNO3. The van der Waals surface area contributed by atoms with Crippen LogP contribution in [-0.4, -0.2) is 14.2 Å².